The van der Waals surface area contributed by atoms with Gasteiger partial charge in [0.1, 0.15) is 0 Å². The van der Waals surface area contributed by atoms with Crippen molar-refractivity contribution in [3.8, 4) is 0 Å². The van der Waals surface area contributed by atoms with Crippen LogP contribution in [0.5, 0.6) is 0 Å². The minimum Gasteiger partial charge on any atom is -0.239 e. The van der Waals surface area contributed by atoms with E-state index in [4.69, 9.17) is 11.6 Å². The second-order valence-corrected chi connectivity index (χ2v) is 3.14. The Hall–Kier alpha value is -1.02. The van der Waals surface area contributed by atoms with Crippen molar-refractivity contribution in [1.29, 1.82) is 0 Å². The largest absolute Gasteiger partial charge is 0.239 e. The first-order chi connectivity index (χ1) is 5.79. The SMILES string of the molecule is CCc1cc2ccc(Cl)cn2n1. The van der Waals surface area contributed by atoms with Gasteiger partial charge in [0.15, 0.2) is 0 Å². The first-order valence-corrected chi connectivity index (χ1v) is 4.31. The molecule has 2 rings (SSSR count). The Labute approximate surface area is 75.8 Å². The van der Waals surface area contributed by atoms with E-state index in [1.54, 1.807) is 4.52 Å². The molecule has 0 spiro atoms. The summed E-state index contributed by atoms with van der Waals surface area (Å²) in [6, 6.07) is 5.91. The van der Waals surface area contributed by atoms with Crippen LogP contribution in [-0.2, 0) is 6.42 Å². The summed E-state index contributed by atoms with van der Waals surface area (Å²) in [6.07, 6.45) is 2.77. The fraction of sp³-hybridized carbons (Fsp3) is 0.222. The Morgan fingerprint density at radius 1 is 1.50 bits per heavy atom. The molecule has 0 radical (unpaired) electrons. The third-order valence-corrected chi connectivity index (χ3v) is 2.06. The Morgan fingerprint density at radius 3 is 3.08 bits per heavy atom. The highest BCUT2D eigenvalue weighted by Gasteiger charge is 1.98. The highest BCUT2D eigenvalue weighted by Crippen LogP contribution is 2.12. The standard InChI is InChI=1S/C9H9ClN2/c1-2-8-5-9-4-3-7(10)6-12(9)11-8/h3-6H,2H2,1H3. The lowest BCUT2D eigenvalue weighted by molar-refractivity contribution is 0.898. The van der Waals surface area contributed by atoms with Crippen LogP contribution in [0.2, 0.25) is 5.02 Å². The van der Waals surface area contributed by atoms with Crippen LogP contribution in [0.15, 0.2) is 24.4 Å². The molecule has 0 atom stereocenters. The van der Waals surface area contributed by atoms with Crippen molar-refractivity contribution in [3.63, 3.8) is 0 Å². The molecule has 62 valence electrons. The van der Waals surface area contributed by atoms with E-state index in [9.17, 15) is 0 Å². The van der Waals surface area contributed by atoms with Gasteiger partial charge in [-0.25, -0.2) is 4.52 Å². The number of hydrogen-bond donors (Lipinski definition) is 0. The molecule has 3 heteroatoms. The average Bonchev–Trinajstić information content (AvgIpc) is 2.46. The molecule has 2 aromatic heterocycles. The maximum absolute atomic E-state index is 5.81. The van der Waals surface area contributed by atoms with Crippen LogP contribution in [0, 0.1) is 0 Å². The molecule has 2 heterocycles. The van der Waals surface area contributed by atoms with Crippen LogP contribution in [0.25, 0.3) is 5.52 Å². The molecule has 0 saturated carbocycles. The van der Waals surface area contributed by atoms with Crippen LogP contribution in [0.3, 0.4) is 0 Å². The fourth-order valence-corrected chi connectivity index (χ4v) is 1.34. The lowest BCUT2D eigenvalue weighted by Gasteiger charge is -1.91. The summed E-state index contributed by atoms with van der Waals surface area (Å²) in [5, 5.41) is 5.04. The van der Waals surface area contributed by atoms with Crippen molar-refractivity contribution in [1.82, 2.24) is 9.61 Å². The topological polar surface area (TPSA) is 17.3 Å². The van der Waals surface area contributed by atoms with E-state index in [1.165, 1.54) is 0 Å². The number of hydrogen-bond acceptors (Lipinski definition) is 1. The molecule has 0 unspecified atom stereocenters. The summed E-state index contributed by atoms with van der Waals surface area (Å²) in [6.45, 7) is 2.09. The van der Waals surface area contributed by atoms with Gasteiger partial charge in [-0.2, -0.15) is 5.10 Å². The molecule has 2 nitrogen and oxygen atoms in total. The fourth-order valence-electron chi connectivity index (χ4n) is 1.19. The summed E-state index contributed by atoms with van der Waals surface area (Å²) >= 11 is 5.81. The monoisotopic (exact) mass is 180 g/mol. The van der Waals surface area contributed by atoms with Crippen molar-refractivity contribution >= 4 is 17.1 Å². The summed E-state index contributed by atoms with van der Waals surface area (Å²) in [5.74, 6) is 0. The molecule has 2 aromatic rings. The summed E-state index contributed by atoms with van der Waals surface area (Å²) in [7, 11) is 0. The number of rotatable bonds is 1. The van der Waals surface area contributed by atoms with Crippen molar-refractivity contribution in [2.24, 2.45) is 0 Å². The van der Waals surface area contributed by atoms with Gasteiger partial charge in [0.25, 0.3) is 0 Å². The molecule has 0 aliphatic carbocycles. The van der Waals surface area contributed by atoms with Crippen LogP contribution in [0.4, 0.5) is 0 Å². The highest BCUT2D eigenvalue weighted by atomic mass is 35.5. The van der Waals surface area contributed by atoms with Gasteiger partial charge in [0.2, 0.25) is 0 Å². The van der Waals surface area contributed by atoms with Gasteiger partial charge in [0.05, 0.1) is 16.2 Å². The molecule has 0 N–H and O–H groups in total. The predicted molar refractivity (Wildman–Crippen MR) is 49.6 cm³/mol. The Balaban J connectivity index is 2.67. The van der Waals surface area contributed by atoms with Crippen LogP contribution in [-0.4, -0.2) is 9.61 Å². The zero-order valence-electron chi connectivity index (χ0n) is 6.79. The molecule has 0 bridgehead atoms. The number of fused-ring (bicyclic) bond motifs is 1. The van der Waals surface area contributed by atoms with E-state index in [2.05, 4.69) is 18.1 Å². The summed E-state index contributed by atoms with van der Waals surface area (Å²) in [4.78, 5) is 0. The molecule has 0 aliphatic rings. The van der Waals surface area contributed by atoms with Crippen LogP contribution >= 0.6 is 11.6 Å². The molecule has 0 amide bonds. The number of pyridine rings is 1. The van der Waals surface area contributed by atoms with Gasteiger partial charge < -0.3 is 0 Å². The minimum atomic E-state index is 0.716. The third kappa shape index (κ3) is 1.18. The van der Waals surface area contributed by atoms with E-state index < -0.39 is 0 Å². The summed E-state index contributed by atoms with van der Waals surface area (Å²) in [5.41, 5.74) is 2.19. The van der Waals surface area contributed by atoms with Gasteiger partial charge in [-0.1, -0.05) is 18.5 Å². The molecule has 0 fully saturated rings. The predicted octanol–water partition coefficient (Wildman–Crippen LogP) is 2.55. The van der Waals surface area contributed by atoms with E-state index in [1.807, 2.05) is 18.3 Å². The minimum absolute atomic E-state index is 0.716. The van der Waals surface area contributed by atoms with Gasteiger partial charge in [0, 0.05) is 6.20 Å². The smallest absolute Gasteiger partial charge is 0.0665 e. The maximum atomic E-state index is 5.81. The molecule has 0 saturated heterocycles. The zero-order chi connectivity index (χ0) is 8.55. The summed E-state index contributed by atoms with van der Waals surface area (Å²) < 4.78 is 1.81. The third-order valence-electron chi connectivity index (χ3n) is 1.84. The van der Waals surface area contributed by atoms with Gasteiger partial charge in [-0.05, 0) is 24.6 Å². The molecule has 0 aromatic carbocycles. The number of aryl methyl sites for hydroxylation is 1. The molecule has 12 heavy (non-hydrogen) atoms. The molecule has 0 aliphatic heterocycles. The highest BCUT2D eigenvalue weighted by molar-refractivity contribution is 6.30. The van der Waals surface area contributed by atoms with Crippen LogP contribution < -0.4 is 0 Å². The van der Waals surface area contributed by atoms with Crippen molar-refractivity contribution in [2.75, 3.05) is 0 Å². The average molecular weight is 181 g/mol. The lowest BCUT2D eigenvalue weighted by Crippen LogP contribution is -1.86. The van der Waals surface area contributed by atoms with Crippen molar-refractivity contribution < 1.29 is 0 Å². The second kappa shape index (κ2) is 2.79. The first-order valence-electron chi connectivity index (χ1n) is 3.93. The van der Waals surface area contributed by atoms with E-state index in [0.717, 1.165) is 17.6 Å². The second-order valence-electron chi connectivity index (χ2n) is 2.71. The molecular formula is C9H9ClN2. The van der Waals surface area contributed by atoms with E-state index >= 15 is 0 Å². The number of nitrogens with zero attached hydrogens (tertiary/aromatic N) is 2. The normalized spacial score (nSPS) is 10.8. The van der Waals surface area contributed by atoms with E-state index in [-0.39, 0.29) is 0 Å². The Morgan fingerprint density at radius 2 is 2.33 bits per heavy atom. The Kier molecular flexibility index (Phi) is 1.77. The molecular weight excluding hydrogens is 172 g/mol. The first kappa shape index (κ1) is 7.62. The van der Waals surface area contributed by atoms with Gasteiger partial charge in [-0.15, -0.1) is 0 Å². The quantitative estimate of drug-likeness (QED) is 0.660. The van der Waals surface area contributed by atoms with Crippen molar-refractivity contribution in [2.45, 2.75) is 13.3 Å². The van der Waals surface area contributed by atoms with Gasteiger partial charge >= 0.3 is 0 Å². The van der Waals surface area contributed by atoms with E-state index in [0.29, 0.717) is 5.02 Å². The van der Waals surface area contributed by atoms with Crippen molar-refractivity contribution in [3.05, 3.63) is 35.1 Å². The Bertz CT molecular complexity index is 406. The maximum Gasteiger partial charge on any atom is 0.0665 e. The van der Waals surface area contributed by atoms with Gasteiger partial charge in [-0.3, -0.25) is 0 Å². The lowest BCUT2D eigenvalue weighted by atomic mass is 10.3. The number of halogens is 1. The number of aromatic nitrogens is 2. The zero-order valence-corrected chi connectivity index (χ0v) is 7.54. The van der Waals surface area contributed by atoms with Crippen LogP contribution in [0.1, 0.15) is 12.6 Å².